The van der Waals surface area contributed by atoms with E-state index in [1.807, 2.05) is 18.2 Å². The molecule has 1 aliphatic rings. The molecule has 0 spiro atoms. The molecule has 1 saturated heterocycles. The van der Waals surface area contributed by atoms with Crippen LogP contribution in [0.1, 0.15) is 17.9 Å². The highest BCUT2D eigenvalue weighted by molar-refractivity contribution is 5.80. The SMILES string of the molecule is Fc1c(C2CCNC2)ccc2cc[nH]c12. The molecule has 1 atom stereocenters. The number of aromatic nitrogens is 1. The Labute approximate surface area is 87.5 Å². The van der Waals surface area contributed by atoms with Crippen molar-refractivity contribution < 1.29 is 4.39 Å². The van der Waals surface area contributed by atoms with E-state index in [9.17, 15) is 4.39 Å². The van der Waals surface area contributed by atoms with E-state index in [-0.39, 0.29) is 5.82 Å². The number of hydrogen-bond donors (Lipinski definition) is 2. The summed E-state index contributed by atoms with van der Waals surface area (Å²) < 4.78 is 14.1. The van der Waals surface area contributed by atoms with Crippen molar-refractivity contribution in [2.24, 2.45) is 0 Å². The normalized spacial score (nSPS) is 21.3. The standard InChI is InChI=1S/C12H13FN2/c13-11-10(9-3-5-14-7-9)2-1-8-4-6-15-12(8)11/h1-2,4,6,9,14-15H,3,5,7H2. The number of H-pyrrole nitrogens is 1. The highest BCUT2D eigenvalue weighted by Crippen LogP contribution is 2.28. The van der Waals surface area contributed by atoms with E-state index in [4.69, 9.17) is 0 Å². The first-order valence-electron chi connectivity index (χ1n) is 5.32. The molecule has 0 amide bonds. The fraction of sp³-hybridized carbons (Fsp3) is 0.333. The molecule has 0 saturated carbocycles. The summed E-state index contributed by atoms with van der Waals surface area (Å²) in [6.45, 7) is 1.88. The Morgan fingerprint density at radius 1 is 1.27 bits per heavy atom. The lowest BCUT2D eigenvalue weighted by Gasteiger charge is -2.10. The van der Waals surface area contributed by atoms with E-state index in [1.165, 1.54) is 0 Å². The number of rotatable bonds is 1. The van der Waals surface area contributed by atoms with Gasteiger partial charge in [0.15, 0.2) is 5.82 Å². The van der Waals surface area contributed by atoms with Crippen molar-refractivity contribution in [1.82, 2.24) is 10.3 Å². The molecule has 2 nitrogen and oxygen atoms in total. The third kappa shape index (κ3) is 1.35. The minimum Gasteiger partial charge on any atom is -0.359 e. The van der Waals surface area contributed by atoms with Gasteiger partial charge in [-0.1, -0.05) is 12.1 Å². The largest absolute Gasteiger partial charge is 0.359 e. The van der Waals surface area contributed by atoms with Crippen LogP contribution in [0, 0.1) is 5.82 Å². The summed E-state index contributed by atoms with van der Waals surface area (Å²) in [6.07, 6.45) is 2.81. The lowest BCUT2D eigenvalue weighted by molar-refractivity contribution is 0.597. The summed E-state index contributed by atoms with van der Waals surface area (Å²) in [5.74, 6) is 0.254. The van der Waals surface area contributed by atoms with Gasteiger partial charge in [0, 0.05) is 24.0 Å². The Kier molecular flexibility index (Phi) is 1.99. The molecule has 1 aromatic carbocycles. The number of fused-ring (bicyclic) bond motifs is 1. The molecule has 3 heteroatoms. The maximum absolute atomic E-state index is 14.1. The summed E-state index contributed by atoms with van der Waals surface area (Å²) in [7, 11) is 0. The van der Waals surface area contributed by atoms with Crippen molar-refractivity contribution in [3.05, 3.63) is 35.8 Å². The Hall–Kier alpha value is -1.35. The second-order valence-electron chi connectivity index (χ2n) is 4.10. The highest BCUT2D eigenvalue weighted by atomic mass is 19.1. The molecule has 2 N–H and O–H groups in total. The first-order chi connectivity index (χ1) is 7.36. The van der Waals surface area contributed by atoms with Gasteiger partial charge in [-0.25, -0.2) is 4.39 Å². The molecular weight excluding hydrogens is 191 g/mol. The maximum Gasteiger partial charge on any atom is 0.150 e. The van der Waals surface area contributed by atoms with E-state index in [1.54, 1.807) is 6.20 Å². The van der Waals surface area contributed by atoms with Crippen molar-refractivity contribution in [1.29, 1.82) is 0 Å². The predicted octanol–water partition coefficient (Wildman–Crippen LogP) is 2.38. The monoisotopic (exact) mass is 204 g/mol. The van der Waals surface area contributed by atoms with Gasteiger partial charge in [-0.05, 0) is 24.6 Å². The number of halogens is 1. The van der Waals surface area contributed by atoms with E-state index in [0.717, 1.165) is 30.5 Å². The van der Waals surface area contributed by atoms with E-state index >= 15 is 0 Å². The fourth-order valence-electron chi connectivity index (χ4n) is 2.34. The Morgan fingerprint density at radius 3 is 3.00 bits per heavy atom. The minimum atomic E-state index is -0.0776. The minimum absolute atomic E-state index is 0.0776. The van der Waals surface area contributed by atoms with Crippen molar-refractivity contribution in [2.45, 2.75) is 12.3 Å². The molecule has 78 valence electrons. The zero-order valence-electron chi connectivity index (χ0n) is 8.39. The zero-order valence-corrected chi connectivity index (χ0v) is 8.39. The zero-order chi connectivity index (χ0) is 10.3. The Balaban J connectivity index is 2.13. The molecule has 3 rings (SSSR count). The maximum atomic E-state index is 14.1. The van der Waals surface area contributed by atoms with Crippen molar-refractivity contribution in [3.8, 4) is 0 Å². The van der Waals surface area contributed by atoms with Crippen LogP contribution < -0.4 is 5.32 Å². The quantitative estimate of drug-likeness (QED) is 0.733. The molecule has 1 aromatic heterocycles. The van der Waals surface area contributed by atoms with Crippen LogP contribution in [-0.4, -0.2) is 18.1 Å². The Bertz CT molecular complexity index is 483. The fourth-order valence-corrected chi connectivity index (χ4v) is 2.34. The molecule has 0 radical (unpaired) electrons. The number of hydrogen-bond acceptors (Lipinski definition) is 1. The Morgan fingerprint density at radius 2 is 2.20 bits per heavy atom. The van der Waals surface area contributed by atoms with Crippen LogP contribution in [0.2, 0.25) is 0 Å². The average Bonchev–Trinajstić information content (AvgIpc) is 2.87. The van der Waals surface area contributed by atoms with Gasteiger partial charge in [0.1, 0.15) is 0 Å². The van der Waals surface area contributed by atoms with Crippen LogP contribution in [0.4, 0.5) is 4.39 Å². The smallest absolute Gasteiger partial charge is 0.150 e. The molecule has 15 heavy (non-hydrogen) atoms. The van der Waals surface area contributed by atoms with Crippen LogP contribution >= 0.6 is 0 Å². The molecular formula is C12H13FN2. The predicted molar refractivity (Wildman–Crippen MR) is 58.5 cm³/mol. The van der Waals surface area contributed by atoms with Gasteiger partial charge in [-0.3, -0.25) is 0 Å². The molecule has 1 unspecified atom stereocenters. The van der Waals surface area contributed by atoms with Gasteiger partial charge in [-0.15, -0.1) is 0 Å². The van der Waals surface area contributed by atoms with E-state index in [2.05, 4.69) is 10.3 Å². The summed E-state index contributed by atoms with van der Waals surface area (Å²) in [5, 5.41) is 4.21. The molecule has 2 heterocycles. The van der Waals surface area contributed by atoms with Gasteiger partial charge < -0.3 is 10.3 Å². The van der Waals surface area contributed by atoms with Gasteiger partial charge in [0.2, 0.25) is 0 Å². The highest BCUT2D eigenvalue weighted by Gasteiger charge is 2.21. The average molecular weight is 204 g/mol. The molecule has 1 fully saturated rings. The van der Waals surface area contributed by atoms with E-state index in [0.29, 0.717) is 11.4 Å². The van der Waals surface area contributed by atoms with Crippen molar-refractivity contribution in [3.63, 3.8) is 0 Å². The van der Waals surface area contributed by atoms with Gasteiger partial charge >= 0.3 is 0 Å². The second kappa shape index (κ2) is 3.35. The van der Waals surface area contributed by atoms with Crippen LogP contribution in [0.3, 0.4) is 0 Å². The summed E-state index contributed by atoms with van der Waals surface area (Å²) >= 11 is 0. The third-order valence-corrected chi connectivity index (χ3v) is 3.19. The van der Waals surface area contributed by atoms with Gasteiger partial charge in [-0.2, -0.15) is 0 Å². The third-order valence-electron chi connectivity index (χ3n) is 3.19. The number of nitrogens with one attached hydrogen (secondary N) is 2. The molecule has 1 aliphatic heterocycles. The van der Waals surface area contributed by atoms with Crippen molar-refractivity contribution >= 4 is 10.9 Å². The summed E-state index contributed by atoms with van der Waals surface area (Å²) in [6, 6.07) is 5.81. The van der Waals surface area contributed by atoms with Crippen LogP contribution in [0.15, 0.2) is 24.4 Å². The van der Waals surface area contributed by atoms with Crippen LogP contribution in [0.25, 0.3) is 10.9 Å². The second-order valence-corrected chi connectivity index (χ2v) is 4.10. The topological polar surface area (TPSA) is 27.8 Å². The van der Waals surface area contributed by atoms with E-state index < -0.39 is 0 Å². The summed E-state index contributed by atoms with van der Waals surface area (Å²) in [4.78, 5) is 2.96. The number of aromatic amines is 1. The van der Waals surface area contributed by atoms with Gasteiger partial charge in [0.05, 0.1) is 5.52 Å². The van der Waals surface area contributed by atoms with Gasteiger partial charge in [0.25, 0.3) is 0 Å². The summed E-state index contributed by atoms with van der Waals surface area (Å²) in [5.41, 5.74) is 1.48. The lowest BCUT2D eigenvalue weighted by Crippen LogP contribution is -2.09. The molecule has 0 aliphatic carbocycles. The first-order valence-corrected chi connectivity index (χ1v) is 5.32. The van der Waals surface area contributed by atoms with Crippen LogP contribution in [-0.2, 0) is 0 Å². The van der Waals surface area contributed by atoms with Crippen LogP contribution in [0.5, 0.6) is 0 Å². The molecule has 0 bridgehead atoms. The lowest BCUT2D eigenvalue weighted by atomic mass is 9.97. The van der Waals surface area contributed by atoms with Crippen molar-refractivity contribution in [2.75, 3.05) is 13.1 Å². The number of benzene rings is 1. The molecule has 2 aromatic rings. The first kappa shape index (κ1) is 8.92.